The molecule has 1 aliphatic rings. The molecule has 1 fully saturated rings. The molecule has 110 valence electrons. The van der Waals surface area contributed by atoms with Crippen LogP contribution in [0.2, 0.25) is 0 Å². The molecule has 0 aliphatic carbocycles. The minimum Gasteiger partial charge on any atom is -0.336 e. The van der Waals surface area contributed by atoms with E-state index in [1.165, 1.54) is 24.3 Å². The Labute approximate surface area is 119 Å². The number of nitrogens with two attached hydrogens (primary N) is 1. The number of primary sulfonamides is 1. The Balaban J connectivity index is 2.21. The van der Waals surface area contributed by atoms with Crippen molar-refractivity contribution in [3.05, 3.63) is 29.8 Å². The quantitative estimate of drug-likeness (QED) is 0.900. The molecule has 1 aliphatic heterocycles. The first kappa shape index (κ1) is 15.0. The second-order valence-corrected chi connectivity index (χ2v) is 7.12. The number of amides is 1. The van der Waals surface area contributed by atoms with Crippen LogP contribution < -0.4 is 5.14 Å². The van der Waals surface area contributed by atoms with Crippen LogP contribution in [0.5, 0.6) is 0 Å². The van der Waals surface area contributed by atoms with Crippen LogP contribution >= 0.6 is 0 Å². The van der Waals surface area contributed by atoms with Crippen LogP contribution in [0, 0.1) is 5.92 Å². The van der Waals surface area contributed by atoms with Gasteiger partial charge in [0.1, 0.15) is 0 Å². The van der Waals surface area contributed by atoms with Crippen LogP contribution in [0.1, 0.15) is 37.0 Å². The molecule has 5 nitrogen and oxygen atoms in total. The minimum atomic E-state index is -3.71. The number of carbonyl (C=O) groups is 1. The molecule has 2 N–H and O–H groups in total. The lowest BCUT2D eigenvalue weighted by molar-refractivity contribution is 0.0574. The molecule has 1 aromatic carbocycles. The molecule has 1 amide bonds. The Kier molecular flexibility index (Phi) is 4.15. The van der Waals surface area contributed by atoms with Crippen molar-refractivity contribution in [3.63, 3.8) is 0 Å². The highest BCUT2D eigenvalue weighted by Gasteiger charge is 2.27. The number of rotatable bonds is 2. The number of benzene rings is 1. The summed E-state index contributed by atoms with van der Waals surface area (Å²) in [4.78, 5) is 14.3. The summed E-state index contributed by atoms with van der Waals surface area (Å²) in [5.74, 6) is 0.448. The first-order valence-corrected chi connectivity index (χ1v) is 8.27. The van der Waals surface area contributed by atoms with Crippen molar-refractivity contribution in [2.24, 2.45) is 11.1 Å². The summed E-state index contributed by atoms with van der Waals surface area (Å²) in [7, 11) is -3.71. The molecule has 1 aromatic rings. The molecule has 2 rings (SSSR count). The Morgan fingerprint density at radius 2 is 1.80 bits per heavy atom. The molecule has 2 atom stereocenters. The van der Waals surface area contributed by atoms with E-state index in [4.69, 9.17) is 5.14 Å². The molecule has 0 spiro atoms. The second-order valence-electron chi connectivity index (χ2n) is 5.56. The third-order valence-corrected chi connectivity index (χ3v) is 4.74. The minimum absolute atomic E-state index is 0.0223. The number of sulfonamides is 1. The van der Waals surface area contributed by atoms with Crippen molar-refractivity contribution in [3.8, 4) is 0 Å². The molecular formula is C14H20N2O3S. The molecule has 2 unspecified atom stereocenters. The van der Waals surface area contributed by atoms with E-state index in [9.17, 15) is 13.2 Å². The van der Waals surface area contributed by atoms with E-state index >= 15 is 0 Å². The van der Waals surface area contributed by atoms with E-state index in [2.05, 4.69) is 6.92 Å². The zero-order valence-electron chi connectivity index (χ0n) is 11.7. The number of hydrogen-bond acceptors (Lipinski definition) is 3. The molecular weight excluding hydrogens is 276 g/mol. The van der Waals surface area contributed by atoms with Gasteiger partial charge in [0.25, 0.3) is 5.91 Å². The molecule has 0 bridgehead atoms. The van der Waals surface area contributed by atoms with Crippen LogP contribution in [-0.2, 0) is 10.0 Å². The number of nitrogens with zero attached hydrogens (tertiary/aromatic N) is 1. The summed E-state index contributed by atoms with van der Waals surface area (Å²) < 4.78 is 22.4. The van der Waals surface area contributed by atoms with Gasteiger partial charge < -0.3 is 4.90 Å². The first-order valence-electron chi connectivity index (χ1n) is 6.73. The van der Waals surface area contributed by atoms with Gasteiger partial charge in [0.05, 0.1) is 4.90 Å². The van der Waals surface area contributed by atoms with Crippen molar-refractivity contribution < 1.29 is 13.2 Å². The molecule has 20 heavy (non-hydrogen) atoms. The summed E-state index contributed by atoms with van der Waals surface area (Å²) in [6, 6.07) is 6.01. The molecule has 1 heterocycles. The summed E-state index contributed by atoms with van der Waals surface area (Å²) in [5.41, 5.74) is 0.498. The van der Waals surface area contributed by atoms with Gasteiger partial charge in [-0.25, -0.2) is 13.6 Å². The summed E-state index contributed by atoms with van der Waals surface area (Å²) >= 11 is 0. The maximum Gasteiger partial charge on any atom is 0.254 e. The molecule has 1 saturated heterocycles. The van der Waals surface area contributed by atoms with Crippen LogP contribution in [0.15, 0.2) is 29.2 Å². The highest BCUT2D eigenvalue weighted by Crippen LogP contribution is 2.23. The largest absolute Gasteiger partial charge is 0.336 e. The SMILES string of the molecule is CC1CCC(C)N(C(=O)c2ccc(S(N)(=O)=O)cc2)C1. The van der Waals surface area contributed by atoms with Gasteiger partial charge in [0, 0.05) is 18.2 Å². The van der Waals surface area contributed by atoms with Crippen molar-refractivity contribution >= 4 is 15.9 Å². The van der Waals surface area contributed by atoms with Gasteiger partial charge in [-0.05, 0) is 49.9 Å². The fourth-order valence-electron chi connectivity index (χ4n) is 2.52. The summed E-state index contributed by atoms with van der Waals surface area (Å²) in [6.07, 6.45) is 2.14. The molecule has 0 radical (unpaired) electrons. The maximum atomic E-state index is 12.5. The average molecular weight is 296 g/mol. The number of likely N-dealkylation sites (tertiary alicyclic amines) is 1. The van der Waals surface area contributed by atoms with Crippen LogP contribution in [0.3, 0.4) is 0 Å². The zero-order valence-corrected chi connectivity index (χ0v) is 12.6. The van der Waals surface area contributed by atoms with Gasteiger partial charge >= 0.3 is 0 Å². The fourth-order valence-corrected chi connectivity index (χ4v) is 3.04. The van der Waals surface area contributed by atoms with E-state index < -0.39 is 10.0 Å². The molecule has 0 saturated carbocycles. The van der Waals surface area contributed by atoms with Crippen LogP contribution in [-0.4, -0.2) is 31.8 Å². The molecule has 0 aromatic heterocycles. The normalized spacial score (nSPS) is 23.6. The van der Waals surface area contributed by atoms with Crippen molar-refractivity contribution in [1.82, 2.24) is 4.90 Å². The maximum absolute atomic E-state index is 12.5. The average Bonchev–Trinajstić information content (AvgIpc) is 2.40. The fraction of sp³-hybridized carbons (Fsp3) is 0.500. The Hall–Kier alpha value is -1.40. The molecule has 6 heteroatoms. The highest BCUT2D eigenvalue weighted by atomic mass is 32.2. The van der Waals surface area contributed by atoms with Gasteiger partial charge in [-0.15, -0.1) is 0 Å². The monoisotopic (exact) mass is 296 g/mol. The van der Waals surface area contributed by atoms with E-state index in [0.717, 1.165) is 19.4 Å². The van der Waals surface area contributed by atoms with Gasteiger partial charge in [-0.3, -0.25) is 4.79 Å². The van der Waals surface area contributed by atoms with Crippen molar-refractivity contribution in [1.29, 1.82) is 0 Å². The third-order valence-electron chi connectivity index (χ3n) is 3.81. The number of piperidine rings is 1. The van der Waals surface area contributed by atoms with Gasteiger partial charge in [0.2, 0.25) is 10.0 Å². The predicted molar refractivity (Wildman–Crippen MR) is 76.7 cm³/mol. The van der Waals surface area contributed by atoms with E-state index in [-0.39, 0.29) is 16.8 Å². The topological polar surface area (TPSA) is 80.5 Å². The number of hydrogen-bond donors (Lipinski definition) is 1. The van der Waals surface area contributed by atoms with Gasteiger partial charge in [-0.2, -0.15) is 0 Å². The third kappa shape index (κ3) is 3.19. The van der Waals surface area contributed by atoms with E-state index in [1.54, 1.807) is 0 Å². The zero-order chi connectivity index (χ0) is 14.9. The number of carbonyl (C=O) groups excluding carboxylic acids is 1. The Morgan fingerprint density at radius 1 is 1.20 bits per heavy atom. The Morgan fingerprint density at radius 3 is 2.35 bits per heavy atom. The van der Waals surface area contributed by atoms with E-state index in [1.807, 2.05) is 11.8 Å². The van der Waals surface area contributed by atoms with Gasteiger partial charge in [0.15, 0.2) is 0 Å². The van der Waals surface area contributed by atoms with Gasteiger partial charge in [-0.1, -0.05) is 6.92 Å². The van der Waals surface area contributed by atoms with Crippen molar-refractivity contribution in [2.45, 2.75) is 37.6 Å². The summed E-state index contributed by atoms with van der Waals surface area (Å²) in [6.45, 7) is 4.93. The lowest BCUT2D eigenvalue weighted by atomic mass is 9.94. The smallest absolute Gasteiger partial charge is 0.254 e. The predicted octanol–water partition coefficient (Wildman–Crippen LogP) is 1.59. The lowest BCUT2D eigenvalue weighted by Crippen LogP contribution is -2.44. The highest BCUT2D eigenvalue weighted by molar-refractivity contribution is 7.89. The Bertz CT molecular complexity index is 595. The van der Waals surface area contributed by atoms with E-state index in [0.29, 0.717) is 11.5 Å². The first-order chi connectivity index (χ1) is 9.29. The van der Waals surface area contributed by atoms with Crippen LogP contribution in [0.25, 0.3) is 0 Å². The van der Waals surface area contributed by atoms with Crippen LogP contribution in [0.4, 0.5) is 0 Å². The standard InChI is InChI=1S/C14H20N2O3S/c1-10-3-4-11(2)16(9-10)14(17)12-5-7-13(8-6-12)20(15,18)19/h5-8,10-11H,3-4,9H2,1-2H3,(H2,15,18,19). The second kappa shape index (κ2) is 5.54. The van der Waals surface area contributed by atoms with Crippen molar-refractivity contribution in [2.75, 3.05) is 6.54 Å². The summed E-state index contributed by atoms with van der Waals surface area (Å²) in [5, 5.41) is 5.04. The lowest BCUT2D eigenvalue weighted by Gasteiger charge is -2.36.